The van der Waals surface area contributed by atoms with Crippen molar-refractivity contribution in [1.29, 1.82) is 0 Å². The summed E-state index contributed by atoms with van der Waals surface area (Å²) in [7, 11) is 0. The van der Waals surface area contributed by atoms with Gasteiger partial charge in [0.15, 0.2) is 6.54 Å². The fraction of sp³-hybridized carbons (Fsp3) is 0.316. The largest absolute Gasteiger partial charge is 0.416 e. The van der Waals surface area contributed by atoms with Gasteiger partial charge in [0, 0.05) is 6.20 Å². The molecule has 2 aromatic heterocycles. The Morgan fingerprint density at radius 3 is 2.90 bits per heavy atom. The molecular formula is C19H20F3N6O+. The third-order valence-corrected chi connectivity index (χ3v) is 5.25. The fourth-order valence-corrected chi connectivity index (χ4v) is 3.70. The number of nitrogens with one attached hydrogen (secondary N) is 2. The summed E-state index contributed by atoms with van der Waals surface area (Å²) in [6.07, 6.45) is 0.135. The van der Waals surface area contributed by atoms with Gasteiger partial charge in [-0.25, -0.2) is 9.67 Å². The van der Waals surface area contributed by atoms with Gasteiger partial charge >= 0.3 is 6.18 Å². The van der Waals surface area contributed by atoms with Gasteiger partial charge in [-0.1, -0.05) is 0 Å². The van der Waals surface area contributed by atoms with E-state index in [1.54, 1.807) is 0 Å². The maximum atomic E-state index is 13.2. The number of anilines is 1. The number of fused-ring (bicyclic) bond motifs is 1. The minimum Gasteiger partial charge on any atom is -0.341 e. The average molecular weight is 405 g/mol. The lowest BCUT2D eigenvalue weighted by molar-refractivity contribution is -0.926. The highest BCUT2D eigenvalue weighted by Crippen LogP contribution is 2.33. The van der Waals surface area contributed by atoms with Crippen molar-refractivity contribution in [1.82, 2.24) is 19.3 Å². The molecule has 29 heavy (non-hydrogen) atoms. The standard InChI is InChI=1S/C19H19F3N6O/c1-13-16-3-2-6-26(16)7-8-27(13)10-18(29)25-15-9-14(19(20,21)22)4-5-17(15)28-12-23-11-24-28/h2-6,9,11-13H,7-8,10H2,1H3,(H,25,29)/p+1/t13-/m1/s1. The van der Waals surface area contributed by atoms with Crippen LogP contribution in [0, 0.1) is 0 Å². The van der Waals surface area contributed by atoms with Crippen molar-refractivity contribution < 1.29 is 22.9 Å². The summed E-state index contributed by atoms with van der Waals surface area (Å²) in [5.41, 5.74) is 0.664. The van der Waals surface area contributed by atoms with Crippen molar-refractivity contribution in [2.45, 2.75) is 25.7 Å². The van der Waals surface area contributed by atoms with Crippen LogP contribution in [0.1, 0.15) is 24.2 Å². The first kappa shape index (κ1) is 19.2. The van der Waals surface area contributed by atoms with Gasteiger partial charge < -0.3 is 14.8 Å². The summed E-state index contributed by atoms with van der Waals surface area (Å²) < 4.78 is 43.0. The van der Waals surface area contributed by atoms with Gasteiger partial charge in [0.05, 0.1) is 35.7 Å². The molecule has 0 spiro atoms. The molecule has 4 rings (SSSR count). The number of benzene rings is 1. The molecular weight excluding hydrogens is 385 g/mol. The Morgan fingerprint density at radius 2 is 2.17 bits per heavy atom. The van der Waals surface area contributed by atoms with Crippen LogP contribution in [0.2, 0.25) is 0 Å². The smallest absolute Gasteiger partial charge is 0.341 e. The van der Waals surface area contributed by atoms with Crippen LogP contribution in [0.4, 0.5) is 18.9 Å². The number of aromatic nitrogens is 4. The molecule has 3 aromatic rings. The van der Waals surface area contributed by atoms with Gasteiger partial charge in [-0.05, 0) is 37.3 Å². The highest BCUT2D eigenvalue weighted by atomic mass is 19.4. The van der Waals surface area contributed by atoms with Crippen molar-refractivity contribution in [3.05, 3.63) is 60.4 Å². The number of rotatable bonds is 4. The highest BCUT2D eigenvalue weighted by molar-refractivity contribution is 5.93. The molecule has 10 heteroatoms. The van der Waals surface area contributed by atoms with Crippen molar-refractivity contribution in [3.63, 3.8) is 0 Å². The van der Waals surface area contributed by atoms with Crippen molar-refractivity contribution in [3.8, 4) is 5.69 Å². The van der Waals surface area contributed by atoms with Crippen molar-refractivity contribution >= 4 is 11.6 Å². The Hall–Kier alpha value is -3.14. The van der Waals surface area contributed by atoms with Crippen LogP contribution in [-0.2, 0) is 17.5 Å². The minimum absolute atomic E-state index is 0.0442. The van der Waals surface area contributed by atoms with Crippen LogP contribution < -0.4 is 10.2 Å². The Labute approximate surface area is 164 Å². The van der Waals surface area contributed by atoms with Crippen LogP contribution in [0.3, 0.4) is 0 Å². The first-order chi connectivity index (χ1) is 13.8. The first-order valence-electron chi connectivity index (χ1n) is 9.18. The number of amides is 1. The number of halogens is 3. The average Bonchev–Trinajstić information content (AvgIpc) is 3.35. The van der Waals surface area contributed by atoms with Gasteiger partial charge in [-0.15, -0.1) is 0 Å². The van der Waals surface area contributed by atoms with E-state index < -0.39 is 11.7 Å². The van der Waals surface area contributed by atoms with Gasteiger partial charge in [0.2, 0.25) is 0 Å². The molecule has 3 heterocycles. The molecule has 7 nitrogen and oxygen atoms in total. The van der Waals surface area contributed by atoms with Crippen LogP contribution in [-0.4, -0.2) is 38.3 Å². The molecule has 0 saturated heterocycles. The maximum absolute atomic E-state index is 13.2. The summed E-state index contributed by atoms with van der Waals surface area (Å²) in [5.74, 6) is -0.354. The lowest BCUT2D eigenvalue weighted by Crippen LogP contribution is -3.14. The molecule has 1 aliphatic heterocycles. The zero-order valence-electron chi connectivity index (χ0n) is 15.6. The lowest BCUT2D eigenvalue weighted by atomic mass is 10.1. The molecule has 2 N–H and O–H groups in total. The van der Waals surface area contributed by atoms with Crippen LogP contribution >= 0.6 is 0 Å². The molecule has 0 bridgehead atoms. The monoisotopic (exact) mass is 405 g/mol. The lowest BCUT2D eigenvalue weighted by Gasteiger charge is -2.31. The third kappa shape index (κ3) is 3.88. The van der Waals surface area contributed by atoms with Crippen LogP contribution in [0.5, 0.6) is 0 Å². The second-order valence-corrected chi connectivity index (χ2v) is 7.05. The van der Waals surface area contributed by atoms with Crippen molar-refractivity contribution in [2.24, 2.45) is 0 Å². The predicted octanol–water partition coefficient (Wildman–Crippen LogP) is 1.69. The van der Waals surface area contributed by atoms with E-state index in [2.05, 4.69) is 20.0 Å². The zero-order chi connectivity index (χ0) is 20.6. The van der Waals surface area contributed by atoms with Gasteiger partial charge in [0.25, 0.3) is 5.91 Å². The number of carbonyl (C=O) groups is 1. The van der Waals surface area contributed by atoms with Gasteiger partial charge in [0.1, 0.15) is 18.7 Å². The summed E-state index contributed by atoms with van der Waals surface area (Å²) in [4.78, 5) is 17.6. The summed E-state index contributed by atoms with van der Waals surface area (Å²) >= 11 is 0. The van der Waals surface area contributed by atoms with E-state index in [0.717, 1.165) is 35.8 Å². The second kappa shape index (κ2) is 7.36. The minimum atomic E-state index is -4.52. The number of carbonyl (C=O) groups excluding carboxylic acids is 1. The van der Waals surface area contributed by atoms with Crippen LogP contribution in [0.25, 0.3) is 5.69 Å². The van der Waals surface area contributed by atoms with Gasteiger partial charge in [-0.2, -0.15) is 18.3 Å². The number of alkyl halides is 3. The summed E-state index contributed by atoms with van der Waals surface area (Å²) in [5, 5.41) is 6.60. The topological polar surface area (TPSA) is 69.2 Å². The highest BCUT2D eigenvalue weighted by Gasteiger charge is 2.32. The molecule has 1 aliphatic rings. The predicted molar refractivity (Wildman–Crippen MR) is 98.5 cm³/mol. The van der Waals surface area contributed by atoms with E-state index >= 15 is 0 Å². The normalized spacial score (nSPS) is 19.0. The van der Waals surface area contributed by atoms with Crippen molar-refractivity contribution in [2.75, 3.05) is 18.4 Å². The second-order valence-electron chi connectivity index (χ2n) is 7.05. The Kier molecular flexibility index (Phi) is 4.87. The van der Waals surface area contributed by atoms with Gasteiger partial charge in [-0.3, -0.25) is 4.79 Å². The number of nitrogens with zero attached hydrogens (tertiary/aromatic N) is 4. The quantitative estimate of drug-likeness (QED) is 0.694. The van der Waals surface area contributed by atoms with E-state index in [1.807, 2.05) is 25.3 Å². The molecule has 0 radical (unpaired) electrons. The Bertz CT molecular complexity index is 1010. The third-order valence-electron chi connectivity index (χ3n) is 5.25. The number of quaternary nitrogens is 1. The number of hydrogen-bond donors (Lipinski definition) is 2. The zero-order valence-corrected chi connectivity index (χ0v) is 15.6. The van der Waals surface area contributed by atoms with Crippen LogP contribution in [0.15, 0.2) is 49.2 Å². The van der Waals surface area contributed by atoms with E-state index in [1.165, 1.54) is 23.4 Å². The Morgan fingerprint density at radius 1 is 1.34 bits per heavy atom. The summed E-state index contributed by atoms with van der Waals surface area (Å²) in [6, 6.07) is 7.27. The summed E-state index contributed by atoms with van der Waals surface area (Å²) in [6.45, 7) is 3.75. The molecule has 1 aromatic carbocycles. The van der Waals surface area contributed by atoms with E-state index in [9.17, 15) is 18.0 Å². The van der Waals surface area contributed by atoms with E-state index in [0.29, 0.717) is 5.69 Å². The molecule has 0 aliphatic carbocycles. The first-order valence-corrected chi connectivity index (χ1v) is 9.18. The molecule has 1 amide bonds. The molecule has 152 valence electrons. The molecule has 0 saturated carbocycles. The number of hydrogen-bond acceptors (Lipinski definition) is 3. The molecule has 1 unspecified atom stereocenters. The SMILES string of the molecule is C[C@@H]1c2cccn2CC[NH+]1CC(=O)Nc1cc(C(F)(F)F)ccc1-n1cncn1. The maximum Gasteiger partial charge on any atom is 0.416 e. The fourth-order valence-electron chi connectivity index (χ4n) is 3.70. The van der Waals surface area contributed by atoms with E-state index in [-0.39, 0.29) is 24.2 Å². The van der Waals surface area contributed by atoms with E-state index in [4.69, 9.17) is 0 Å². The Balaban J connectivity index is 1.56. The molecule has 2 atom stereocenters. The molecule has 0 fully saturated rings.